The van der Waals surface area contributed by atoms with Crippen molar-refractivity contribution in [2.75, 3.05) is 0 Å². The van der Waals surface area contributed by atoms with Crippen LogP contribution in [-0.4, -0.2) is 14.5 Å². The van der Waals surface area contributed by atoms with Crippen molar-refractivity contribution in [1.29, 1.82) is 0 Å². The lowest BCUT2D eigenvalue weighted by Gasteiger charge is -2.18. The van der Waals surface area contributed by atoms with E-state index in [0.717, 1.165) is 50.1 Å². The molecular formula is C48H31N3. The number of pyridine rings is 2. The van der Waals surface area contributed by atoms with Gasteiger partial charge in [0.2, 0.25) is 0 Å². The topological polar surface area (TPSA) is 30.7 Å². The van der Waals surface area contributed by atoms with Crippen molar-refractivity contribution in [3.05, 3.63) is 188 Å². The highest BCUT2D eigenvalue weighted by Gasteiger charge is 2.18. The number of nitrogens with zero attached hydrogens (tertiary/aromatic N) is 3. The van der Waals surface area contributed by atoms with Gasteiger partial charge in [-0.1, -0.05) is 127 Å². The molecule has 10 rings (SSSR count). The van der Waals surface area contributed by atoms with Crippen LogP contribution in [-0.2, 0) is 0 Å². The third-order valence-electron chi connectivity index (χ3n) is 10.0. The first-order valence-electron chi connectivity index (χ1n) is 17.3. The summed E-state index contributed by atoms with van der Waals surface area (Å²) in [5, 5.41) is 6.04. The van der Waals surface area contributed by atoms with Crippen LogP contribution in [0.3, 0.4) is 0 Å². The van der Waals surface area contributed by atoms with Crippen LogP contribution in [0.25, 0.3) is 93.9 Å². The quantitative estimate of drug-likeness (QED) is 0.174. The molecule has 0 saturated heterocycles. The molecule has 0 amide bonds. The molecule has 51 heavy (non-hydrogen) atoms. The zero-order valence-corrected chi connectivity index (χ0v) is 27.7. The Hall–Kier alpha value is -6.84. The van der Waals surface area contributed by atoms with E-state index in [9.17, 15) is 0 Å². The molecular weight excluding hydrogens is 619 g/mol. The zero-order chi connectivity index (χ0) is 33.7. The first kappa shape index (κ1) is 29.1. The number of hydrogen-bond acceptors (Lipinski definition) is 2. The van der Waals surface area contributed by atoms with Gasteiger partial charge in [0.25, 0.3) is 0 Å². The Morgan fingerprint density at radius 1 is 0.353 bits per heavy atom. The summed E-state index contributed by atoms with van der Waals surface area (Å²) >= 11 is 0. The summed E-state index contributed by atoms with van der Waals surface area (Å²) in [6.45, 7) is 0. The fraction of sp³-hybridized carbons (Fsp3) is 0. The standard InChI is InChI=1S/C48H31N3/c1-4-14-32(15-5-1)46-37-20-10-11-21-38(37)47(33-16-6-2-7-17-33)40-30-34(25-27-39(40)46)42-22-12-23-43(50-42)35-26-28-44-41(31-35)48-45(24-13-29-49-48)51(44)36-18-8-3-9-19-36/h1-31H. The molecule has 3 nitrogen and oxygen atoms in total. The average Bonchev–Trinajstić information content (AvgIpc) is 3.54. The Bertz CT molecular complexity index is 2890. The van der Waals surface area contributed by atoms with Gasteiger partial charge >= 0.3 is 0 Å². The molecule has 0 aliphatic carbocycles. The van der Waals surface area contributed by atoms with Crippen molar-refractivity contribution in [1.82, 2.24) is 14.5 Å². The molecule has 0 bridgehead atoms. The van der Waals surface area contributed by atoms with Crippen LogP contribution < -0.4 is 0 Å². The smallest absolute Gasteiger partial charge is 0.0963 e. The summed E-state index contributed by atoms with van der Waals surface area (Å²) in [4.78, 5) is 10.1. The number of rotatable bonds is 5. The molecule has 3 aromatic heterocycles. The van der Waals surface area contributed by atoms with Crippen LogP contribution in [0.5, 0.6) is 0 Å². The lowest BCUT2D eigenvalue weighted by molar-refractivity contribution is 1.17. The van der Waals surface area contributed by atoms with E-state index < -0.39 is 0 Å². The van der Waals surface area contributed by atoms with Crippen LogP contribution in [0.1, 0.15) is 0 Å². The van der Waals surface area contributed by atoms with E-state index in [1.165, 1.54) is 43.8 Å². The van der Waals surface area contributed by atoms with Gasteiger partial charge in [-0.25, -0.2) is 4.98 Å². The molecule has 0 radical (unpaired) electrons. The predicted octanol–water partition coefficient (Wildman–Crippen LogP) is 12.5. The minimum atomic E-state index is 0.929. The average molecular weight is 650 g/mol. The molecule has 0 N–H and O–H groups in total. The van der Waals surface area contributed by atoms with Gasteiger partial charge in [0.15, 0.2) is 0 Å². The summed E-state index contributed by atoms with van der Waals surface area (Å²) < 4.78 is 2.29. The number of para-hydroxylation sites is 1. The largest absolute Gasteiger partial charge is 0.308 e. The molecule has 7 aromatic carbocycles. The SMILES string of the molecule is c1ccc(-c2c3ccccc3c(-c3ccccc3)c3cc(-c4cccc(-c5ccc6c(c5)c5ncccc5n6-c5ccccc5)n4)ccc23)cc1. The van der Waals surface area contributed by atoms with Crippen molar-refractivity contribution in [3.8, 4) is 50.5 Å². The highest BCUT2D eigenvalue weighted by atomic mass is 15.0. The van der Waals surface area contributed by atoms with Crippen molar-refractivity contribution in [3.63, 3.8) is 0 Å². The maximum atomic E-state index is 5.29. The highest BCUT2D eigenvalue weighted by molar-refractivity contribution is 6.22. The van der Waals surface area contributed by atoms with Gasteiger partial charge in [-0.05, 0) is 98.4 Å². The lowest BCUT2D eigenvalue weighted by atomic mass is 9.85. The maximum Gasteiger partial charge on any atom is 0.0963 e. The van der Waals surface area contributed by atoms with Crippen LogP contribution in [0.2, 0.25) is 0 Å². The van der Waals surface area contributed by atoms with E-state index in [1.807, 2.05) is 12.3 Å². The Labute approximate surface area is 295 Å². The summed E-state index contributed by atoms with van der Waals surface area (Å²) in [5.74, 6) is 0. The molecule has 3 heteroatoms. The van der Waals surface area contributed by atoms with Gasteiger partial charge in [0.1, 0.15) is 0 Å². The van der Waals surface area contributed by atoms with Gasteiger partial charge in [0.05, 0.1) is 27.9 Å². The predicted molar refractivity (Wildman–Crippen MR) is 213 cm³/mol. The molecule has 10 aromatic rings. The van der Waals surface area contributed by atoms with E-state index in [4.69, 9.17) is 9.97 Å². The Morgan fingerprint density at radius 3 is 1.57 bits per heavy atom. The highest BCUT2D eigenvalue weighted by Crippen LogP contribution is 2.44. The Kier molecular flexibility index (Phi) is 6.81. The number of hydrogen-bond donors (Lipinski definition) is 0. The second kappa shape index (κ2) is 11.9. The number of fused-ring (bicyclic) bond motifs is 5. The normalized spacial score (nSPS) is 11.5. The van der Waals surface area contributed by atoms with Gasteiger partial charge in [-0.2, -0.15) is 0 Å². The summed E-state index contributed by atoms with van der Waals surface area (Å²) in [5.41, 5.74) is 13.2. The minimum absolute atomic E-state index is 0.929. The first-order valence-corrected chi connectivity index (χ1v) is 17.3. The Morgan fingerprint density at radius 2 is 0.902 bits per heavy atom. The van der Waals surface area contributed by atoms with E-state index in [2.05, 4.69) is 180 Å². The van der Waals surface area contributed by atoms with E-state index >= 15 is 0 Å². The van der Waals surface area contributed by atoms with E-state index in [1.54, 1.807) is 0 Å². The van der Waals surface area contributed by atoms with E-state index in [-0.39, 0.29) is 0 Å². The maximum absolute atomic E-state index is 5.29. The fourth-order valence-electron chi connectivity index (χ4n) is 7.78. The van der Waals surface area contributed by atoms with Gasteiger partial charge in [-0.3, -0.25) is 4.98 Å². The van der Waals surface area contributed by atoms with Crippen LogP contribution in [0.15, 0.2) is 188 Å². The third-order valence-corrected chi connectivity index (χ3v) is 10.0. The molecule has 0 atom stereocenters. The molecule has 0 unspecified atom stereocenters. The van der Waals surface area contributed by atoms with Gasteiger partial charge < -0.3 is 4.57 Å². The molecule has 0 aliphatic heterocycles. The fourth-order valence-corrected chi connectivity index (χ4v) is 7.78. The monoisotopic (exact) mass is 649 g/mol. The van der Waals surface area contributed by atoms with Crippen molar-refractivity contribution in [2.24, 2.45) is 0 Å². The van der Waals surface area contributed by atoms with Crippen molar-refractivity contribution < 1.29 is 0 Å². The number of benzene rings is 7. The molecule has 0 aliphatic rings. The van der Waals surface area contributed by atoms with Crippen LogP contribution in [0, 0.1) is 0 Å². The number of aromatic nitrogens is 3. The molecule has 238 valence electrons. The van der Waals surface area contributed by atoms with Gasteiger partial charge in [0, 0.05) is 28.4 Å². The van der Waals surface area contributed by atoms with E-state index in [0.29, 0.717) is 0 Å². The second-order valence-corrected chi connectivity index (χ2v) is 13.0. The third kappa shape index (κ3) is 4.82. The first-order chi connectivity index (χ1) is 25.3. The van der Waals surface area contributed by atoms with Crippen molar-refractivity contribution >= 4 is 43.5 Å². The summed E-state index contributed by atoms with van der Waals surface area (Å²) in [6, 6.07) is 64.8. The summed E-state index contributed by atoms with van der Waals surface area (Å²) in [7, 11) is 0. The molecule has 0 spiro atoms. The van der Waals surface area contributed by atoms with Crippen LogP contribution >= 0.6 is 0 Å². The van der Waals surface area contributed by atoms with Gasteiger partial charge in [-0.15, -0.1) is 0 Å². The lowest BCUT2D eigenvalue weighted by Crippen LogP contribution is -1.93. The Balaban J connectivity index is 1.16. The summed E-state index contributed by atoms with van der Waals surface area (Å²) in [6.07, 6.45) is 1.87. The molecule has 0 saturated carbocycles. The minimum Gasteiger partial charge on any atom is -0.308 e. The molecule has 0 fully saturated rings. The zero-order valence-electron chi connectivity index (χ0n) is 27.7. The van der Waals surface area contributed by atoms with Crippen molar-refractivity contribution in [2.45, 2.75) is 0 Å². The van der Waals surface area contributed by atoms with Crippen LogP contribution in [0.4, 0.5) is 0 Å². The second-order valence-electron chi connectivity index (χ2n) is 13.0. The molecule has 3 heterocycles.